The van der Waals surface area contributed by atoms with Gasteiger partial charge in [-0.1, -0.05) is 6.07 Å². The fourth-order valence-corrected chi connectivity index (χ4v) is 2.55. The summed E-state index contributed by atoms with van der Waals surface area (Å²) in [7, 11) is 1.83. The quantitative estimate of drug-likeness (QED) is 0.793. The molecule has 2 rings (SSSR count). The van der Waals surface area contributed by atoms with Gasteiger partial charge in [-0.05, 0) is 30.7 Å². The summed E-state index contributed by atoms with van der Waals surface area (Å²) < 4.78 is 0. The highest BCUT2D eigenvalue weighted by Crippen LogP contribution is 2.21. The van der Waals surface area contributed by atoms with E-state index in [1.165, 1.54) is 11.8 Å². The molecule has 20 heavy (non-hydrogen) atoms. The molecular weight excluding hydrogens is 270 g/mol. The smallest absolute Gasteiger partial charge is 0.233 e. The molecule has 0 saturated carbocycles. The summed E-state index contributed by atoms with van der Waals surface area (Å²) in [5.74, 6) is 0.522. The molecule has 0 radical (unpaired) electrons. The highest BCUT2D eigenvalue weighted by Gasteiger charge is 2.17. The molecule has 2 aromatic rings. The van der Waals surface area contributed by atoms with E-state index in [4.69, 9.17) is 0 Å². The third kappa shape index (κ3) is 3.81. The van der Waals surface area contributed by atoms with Crippen LogP contribution in [0, 0.1) is 0 Å². The summed E-state index contributed by atoms with van der Waals surface area (Å²) in [6.07, 6.45) is 6.99. The Morgan fingerprint density at radius 1 is 1.25 bits per heavy atom. The van der Waals surface area contributed by atoms with Gasteiger partial charge in [-0.2, -0.15) is 0 Å². The Balaban J connectivity index is 1.92. The maximum Gasteiger partial charge on any atom is 0.233 e. The van der Waals surface area contributed by atoms with Crippen LogP contribution in [-0.4, -0.2) is 33.6 Å². The second-order valence-electron chi connectivity index (χ2n) is 4.44. The van der Waals surface area contributed by atoms with E-state index in [9.17, 15) is 4.79 Å². The highest BCUT2D eigenvalue weighted by molar-refractivity contribution is 8.00. The Morgan fingerprint density at radius 3 is 2.65 bits per heavy atom. The lowest BCUT2D eigenvalue weighted by Gasteiger charge is -2.25. The van der Waals surface area contributed by atoms with E-state index in [2.05, 4.69) is 9.97 Å². The van der Waals surface area contributed by atoms with Crippen LogP contribution in [0.5, 0.6) is 0 Å². The van der Waals surface area contributed by atoms with E-state index in [0.717, 1.165) is 10.5 Å². The van der Waals surface area contributed by atoms with Crippen LogP contribution in [0.3, 0.4) is 0 Å². The Bertz CT molecular complexity index is 548. The van der Waals surface area contributed by atoms with Crippen molar-refractivity contribution in [1.82, 2.24) is 14.9 Å². The number of thioether (sulfide) groups is 1. The average Bonchev–Trinajstić information content (AvgIpc) is 2.53. The fourth-order valence-electron chi connectivity index (χ4n) is 1.74. The zero-order chi connectivity index (χ0) is 14.4. The number of hydrogen-bond donors (Lipinski definition) is 0. The summed E-state index contributed by atoms with van der Waals surface area (Å²) in [6.45, 7) is 2.01. The number of nitrogens with zero attached hydrogens (tertiary/aromatic N) is 3. The minimum Gasteiger partial charge on any atom is -0.338 e. The zero-order valence-corrected chi connectivity index (χ0v) is 12.4. The number of hydrogen-bond acceptors (Lipinski definition) is 4. The van der Waals surface area contributed by atoms with Crippen LogP contribution in [-0.2, 0) is 4.79 Å². The summed E-state index contributed by atoms with van der Waals surface area (Å²) in [4.78, 5) is 23.1. The lowest BCUT2D eigenvalue weighted by Crippen LogP contribution is -2.31. The Morgan fingerprint density at radius 2 is 2.00 bits per heavy atom. The van der Waals surface area contributed by atoms with Crippen molar-refractivity contribution in [2.45, 2.75) is 17.9 Å². The molecule has 4 nitrogen and oxygen atoms in total. The SMILES string of the molecule is C[C@@H](c1cccnc1)N(C)C(=O)CSc1ccncc1. The molecule has 0 aromatic carbocycles. The average molecular weight is 287 g/mol. The molecule has 2 aromatic heterocycles. The second-order valence-corrected chi connectivity index (χ2v) is 5.49. The molecule has 104 valence electrons. The molecule has 0 unspecified atom stereocenters. The number of rotatable bonds is 5. The lowest BCUT2D eigenvalue weighted by atomic mass is 10.1. The molecule has 0 N–H and O–H groups in total. The predicted octanol–water partition coefficient (Wildman–Crippen LogP) is 2.79. The van der Waals surface area contributed by atoms with Gasteiger partial charge < -0.3 is 4.90 Å². The minimum absolute atomic E-state index is 0.0224. The molecular formula is C15H17N3OS. The van der Waals surface area contributed by atoms with E-state index in [1.54, 1.807) is 29.7 Å². The fraction of sp³-hybridized carbons (Fsp3) is 0.267. The molecule has 1 atom stereocenters. The Labute approximate surface area is 123 Å². The van der Waals surface area contributed by atoms with E-state index in [0.29, 0.717) is 5.75 Å². The molecule has 0 bridgehead atoms. The molecule has 0 aliphatic carbocycles. The van der Waals surface area contributed by atoms with Gasteiger partial charge in [0.2, 0.25) is 5.91 Å². The summed E-state index contributed by atoms with van der Waals surface area (Å²) in [6, 6.07) is 7.70. The van der Waals surface area contributed by atoms with Crippen LogP contribution in [0.4, 0.5) is 0 Å². The molecule has 2 heterocycles. The third-order valence-electron chi connectivity index (χ3n) is 3.15. The maximum absolute atomic E-state index is 12.2. The summed E-state index contributed by atoms with van der Waals surface area (Å²) >= 11 is 1.52. The topological polar surface area (TPSA) is 46.1 Å². The molecule has 0 saturated heterocycles. The van der Waals surface area contributed by atoms with Crippen molar-refractivity contribution in [3.63, 3.8) is 0 Å². The summed E-state index contributed by atoms with van der Waals surface area (Å²) in [5.41, 5.74) is 1.04. The van der Waals surface area contributed by atoms with Crippen molar-refractivity contribution in [1.29, 1.82) is 0 Å². The number of amides is 1. The van der Waals surface area contributed by atoms with E-state index in [1.807, 2.05) is 38.2 Å². The van der Waals surface area contributed by atoms with Crippen molar-refractivity contribution < 1.29 is 4.79 Å². The number of carbonyl (C=O) groups is 1. The van der Waals surface area contributed by atoms with Gasteiger partial charge in [0.15, 0.2) is 0 Å². The lowest BCUT2D eigenvalue weighted by molar-refractivity contribution is -0.128. The van der Waals surface area contributed by atoms with Gasteiger partial charge in [0, 0.05) is 36.7 Å². The number of aromatic nitrogens is 2. The van der Waals surface area contributed by atoms with Gasteiger partial charge in [0.25, 0.3) is 0 Å². The largest absolute Gasteiger partial charge is 0.338 e. The number of pyridine rings is 2. The monoisotopic (exact) mass is 287 g/mol. The molecule has 0 fully saturated rings. The van der Waals surface area contributed by atoms with Crippen LogP contribution in [0.25, 0.3) is 0 Å². The first kappa shape index (κ1) is 14.5. The molecule has 0 spiro atoms. The minimum atomic E-state index is 0.0224. The van der Waals surface area contributed by atoms with Gasteiger partial charge >= 0.3 is 0 Å². The Hall–Kier alpha value is -1.88. The van der Waals surface area contributed by atoms with Gasteiger partial charge in [-0.25, -0.2) is 0 Å². The van der Waals surface area contributed by atoms with Crippen molar-refractivity contribution >= 4 is 17.7 Å². The van der Waals surface area contributed by atoms with E-state index in [-0.39, 0.29) is 11.9 Å². The normalized spacial score (nSPS) is 11.9. The molecule has 0 aliphatic rings. The molecule has 5 heteroatoms. The summed E-state index contributed by atoms with van der Waals surface area (Å²) in [5, 5.41) is 0. The van der Waals surface area contributed by atoms with Crippen molar-refractivity contribution in [3.05, 3.63) is 54.6 Å². The molecule has 0 aliphatic heterocycles. The van der Waals surface area contributed by atoms with Gasteiger partial charge in [0.05, 0.1) is 11.8 Å². The number of carbonyl (C=O) groups excluding carboxylic acids is 1. The zero-order valence-electron chi connectivity index (χ0n) is 11.6. The highest BCUT2D eigenvalue weighted by atomic mass is 32.2. The van der Waals surface area contributed by atoms with Crippen LogP contribution < -0.4 is 0 Å². The second kappa shape index (κ2) is 7.05. The standard InChI is InChI=1S/C15H17N3OS/c1-12(13-4-3-7-17-10-13)18(2)15(19)11-20-14-5-8-16-9-6-14/h3-10,12H,11H2,1-2H3/t12-/m0/s1. The Kier molecular flexibility index (Phi) is 5.12. The first-order valence-corrected chi connectivity index (χ1v) is 7.35. The third-order valence-corrected chi connectivity index (χ3v) is 4.15. The van der Waals surface area contributed by atoms with Crippen LogP contribution in [0.1, 0.15) is 18.5 Å². The predicted molar refractivity (Wildman–Crippen MR) is 80.4 cm³/mol. The van der Waals surface area contributed by atoms with Gasteiger partial charge in [0.1, 0.15) is 0 Å². The molecule has 1 amide bonds. The van der Waals surface area contributed by atoms with Crippen molar-refractivity contribution in [2.75, 3.05) is 12.8 Å². The van der Waals surface area contributed by atoms with E-state index >= 15 is 0 Å². The van der Waals surface area contributed by atoms with Crippen LogP contribution >= 0.6 is 11.8 Å². The van der Waals surface area contributed by atoms with Crippen LogP contribution in [0.2, 0.25) is 0 Å². The van der Waals surface area contributed by atoms with Crippen molar-refractivity contribution in [2.24, 2.45) is 0 Å². The van der Waals surface area contributed by atoms with Crippen molar-refractivity contribution in [3.8, 4) is 0 Å². The van der Waals surface area contributed by atoms with Crippen LogP contribution in [0.15, 0.2) is 53.9 Å². The maximum atomic E-state index is 12.2. The first-order chi connectivity index (χ1) is 9.68. The van der Waals surface area contributed by atoms with Gasteiger partial charge in [-0.15, -0.1) is 11.8 Å². The van der Waals surface area contributed by atoms with E-state index < -0.39 is 0 Å². The first-order valence-electron chi connectivity index (χ1n) is 6.37. The van der Waals surface area contributed by atoms with Gasteiger partial charge in [-0.3, -0.25) is 14.8 Å².